The molecule has 0 saturated heterocycles. The minimum absolute atomic E-state index is 0.229. The topological polar surface area (TPSA) is 50.1 Å². The third-order valence-electron chi connectivity index (χ3n) is 1.75. The van der Waals surface area contributed by atoms with Gasteiger partial charge in [0.25, 0.3) is 0 Å². The van der Waals surface area contributed by atoms with Gasteiger partial charge in [-0.2, -0.15) is 5.26 Å². The van der Waals surface area contributed by atoms with Crippen LogP contribution in [0.1, 0.15) is 16.8 Å². The number of nitriles is 1. The highest BCUT2D eigenvalue weighted by atomic mass is 35.5. The number of benzene rings is 1. The molecule has 0 N–H and O–H groups in total. The van der Waals surface area contributed by atoms with Gasteiger partial charge in [0.05, 0.1) is 30.2 Å². The van der Waals surface area contributed by atoms with Crippen LogP contribution in [0, 0.1) is 11.3 Å². The van der Waals surface area contributed by atoms with Crippen molar-refractivity contribution < 1.29 is 9.53 Å². The molecule has 1 aromatic carbocycles. The Kier molecular flexibility index (Phi) is 3.96. The molecule has 0 aliphatic carbocycles. The maximum atomic E-state index is 11.5. The summed E-state index contributed by atoms with van der Waals surface area (Å²) in [6.07, 6.45) is -0.229. The van der Waals surface area contributed by atoms with E-state index in [0.29, 0.717) is 5.02 Å². The lowest BCUT2D eigenvalue weighted by atomic mass is 10.1. The third-order valence-corrected chi connectivity index (χ3v) is 2.25. The van der Waals surface area contributed by atoms with E-state index in [2.05, 4.69) is 0 Å². The van der Waals surface area contributed by atoms with Crippen LogP contribution in [0.5, 0.6) is 5.75 Å². The molecule has 0 aliphatic rings. The monoisotopic (exact) mass is 243 g/mol. The van der Waals surface area contributed by atoms with Crippen LogP contribution in [0.2, 0.25) is 10.0 Å². The fraction of sp³-hybridized carbons (Fsp3) is 0.200. The van der Waals surface area contributed by atoms with Crippen molar-refractivity contribution in [2.75, 3.05) is 7.11 Å². The highest BCUT2D eigenvalue weighted by molar-refractivity contribution is 6.36. The molecule has 0 aliphatic heterocycles. The number of carbonyl (C=O) groups is 1. The lowest BCUT2D eigenvalue weighted by Crippen LogP contribution is -2.01. The predicted octanol–water partition coefficient (Wildman–Crippen LogP) is 3.10. The lowest BCUT2D eigenvalue weighted by Gasteiger charge is -2.08. The van der Waals surface area contributed by atoms with Crippen LogP contribution in [0.4, 0.5) is 0 Å². The molecular formula is C10H7Cl2NO2. The van der Waals surface area contributed by atoms with E-state index in [4.69, 9.17) is 33.2 Å². The lowest BCUT2D eigenvalue weighted by molar-refractivity contribution is 0.0995. The van der Waals surface area contributed by atoms with Gasteiger partial charge in [0.2, 0.25) is 0 Å². The van der Waals surface area contributed by atoms with Crippen molar-refractivity contribution in [1.82, 2.24) is 0 Å². The zero-order valence-corrected chi connectivity index (χ0v) is 9.39. The van der Waals surface area contributed by atoms with Crippen LogP contribution in [-0.2, 0) is 0 Å². The Labute approximate surface area is 97.2 Å². The molecule has 0 spiro atoms. The average Bonchev–Trinajstić information content (AvgIpc) is 2.17. The maximum Gasteiger partial charge on any atom is 0.180 e. The zero-order valence-electron chi connectivity index (χ0n) is 7.88. The molecule has 1 rings (SSSR count). The van der Waals surface area contributed by atoms with Gasteiger partial charge in [0, 0.05) is 5.02 Å². The Hall–Kier alpha value is -1.24. The number of methoxy groups -OCH3 is 1. The van der Waals surface area contributed by atoms with E-state index in [1.165, 1.54) is 19.2 Å². The summed E-state index contributed by atoms with van der Waals surface area (Å²) in [5, 5.41) is 9.01. The van der Waals surface area contributed by atoms with Crippen molar-refractivity contribution >= 4 is 29.0 Å². The van der Waals surface area contributed by atoms with Crippen molar-refractivity contribution in [3.63, 3.8) is 0 Å². The zero-order chi connectivity index (χ0) is 11.4. The van der Waals surface area contributed by atoms with Crippen LogP contribution in [0.25, 0.3) is 0 Å². The molecule has 0 aromatic heterocycles. The summed E-state index contributed by atoms with van der Waals surface area (Å²) in [6.45, 7) is 0. The second-order valence-electron chi connectivity index (χ2n) is 2.73. The quantitative estimate of drug-likeness (QED) is 0.767. The van der Waals surface area contributed by atoms with E-state index in [1.54, 1.807) is 6.07 Å². The van der Waals surface area contributed by atoms with Gasteiger partial charge in [-0.05, 0) is 12.1 Å². The molecule has 0 atom stereocenters. The van der Waals surface area contributed by atoms with Crippen LogP contribution < -0.4 is 4.74 Å². The van der Waals surface area contributed by atoms with Crippen LogP contribution >= 0.6 is 23.2 Å². The molecule has 0 saturated carbocycles. The predicted molar refractivity (Wildman–Crippen MR) is 57.6 cm³/mol. The van der Waals surface area contributed by atoms with Crippen LogP contribution in [0.3, 0.4) is 0 Å². The van der Waals surface area contributed by atoms with E-state index < -0.39 is 0 Å². The summed E-state index contributed by atoms with van der Waals surface area (Å²) >= 11 is 11.6. The first kappa shape index (κ1) is 11.8. The minimum Gasteiger partial charge on any atom is -0.494 e. The number of hydrogen-bond acceptors (Lipinski definition) is 3. The maximum absolute atomic E-state index is 11.5. The number of halogens is 2. The fourth-order valence-electron chi connectivity index (χ4n) is 1.14. The van der Waals surface area contributed by atoms with Crippen LogP contribution in [0.15, 0.2) is 12.1 Å². The highest BCUT2D eigenvalue weighted by Gasteiger charge is 2.16. The Morgan fingerprint density at radius 3 is 2.73 bits per heavy atom. The molecule has 0 heterocycles. The first-order chi connectivity index (χ1) is 7.10. The number of ether oxygens (including phenoxy) is 1. The summed E-state index contributed by atoms with van der Waals surface area (Å²) in [6, 6.07) is 4.68. The number of Topliss-reactive ketones (excluding diaryl/α,β-unsaturated/α-hetero) is 1. The van der Waals surface area contributed by atoms with E-state index in [1.807, 2.05) is 0 Å². The van der Waals surface area contributed by atoms with Crippen molar-refractivity contribution in [1.29, 1.82) is 5.26 Å². The summed E-state index contributed by atoms with van der Waals surface area (Å²) < 4.78 is 4.98. The molecule has 1 aromatic rings. The standard InChI is InChI=1S/C10H7Cl2NO2/c1-15-10-7(9(14)2-3-13)4-6(11)5-8(10)12/h4-5H,2H2,1H3. The molecule has 0 amide bonds. The van der Waals surface area contributed by atoms with E-state index in [9.17, 15) is 4.79 Å². The normalized spacial score (nSPS) is 9.47. The fourth-order valence-corrected chi connectivity index (χ4v) is 1.71. The minimum atomic E-state index is -0.362. The number of ketones is 1. The Balaban J connectivity index is 3.27. The van der Waals surface area contributed by atoms with E-state index in [0.717, 1.165) is 0 Å². The first-order valence-electron chi connectivity index (χ1n) is 4.03. The van der Waals surface area contributed by atoms with Crippen molar-refractivity contribution in [2.45, 2.75) is 6.42 Å². The SMILES string of the molecule is COc1c(Cl)cc(Cl)cc1C(=O)CC#N. The number of hydrogen-bond donors (Lipinski definition) is 0. The second kappa shape index (κ2) is 5.01. The highest BCUT2D eigenvalue weighted by Crippen LogP contribution is 2.32. The Morgan fingerprint density at radius 2 is 2.20 bits per heavy atom. The molecule has 0 radical (unpaired) electrons. The van der Waals surface area contributed by atoms with Gasteiger partial charge in [-0.15, -0.1) is 0 Å². The van der Waals surface area contributed by atoms with Gasteiger partial charge in [-0.3, -0.25) is 4.79 Å². The largest absolute Gasteiger partial charge is 0.494 e. The van der Waals surface area contributed by atoms with Crippen molar-refractivity contribution in [2.24, 2.45) is 0 Å². The third kappa shape index (κ3) is 2.62. The van der Waals surface area contributed by atoms with Crippen LogP contribution in [-0.4, -0.2) is 12.9 Å². The Bertz CT molecular complexity index is 438. The molecule has 78 valence electrons. The molecule has 15 heavy (non-hydrogen) atoms. The Morgan fingerprint density at radius 1 is 1.53 bits per heavy atom. The summed E-state index contributed by atoms with van der Waals surface area (Å²) in [7, 11) is 1.40. The smallest absolute Gasteiger partial charge is 0.180 e. The number of nitrogens with zero attached hydrogens (tertiary/aromatic N) is 1. The summed E-state index contributed by atoms with van der Waals surface area (Å²) in [5.41, 5.74) is 0.233. The van der Waals surface area contributed by atoms with Gasteiger partial charge in [0.15, 0.2) is 5.78 Å². The van der Waals surface area contributed by atoms with Gasteiger partial charge in [-0.25, -0.2) is 0 Å². The van der Waals surface area contributed by atoms with Gasteiger partial charge in [0.1, 0.15) is 5.75 Å². The van der Waals surface area contributed by atoms with Gasteiger partial charge in [-0.1, -0.05) is 23.2 Å². The van der Waals surface area contributed by atoms with Crippen molar-refractivity contribution in [3.05, 3.63) is 27.7 Å². The second-order valence-corrected chi connectivity index (χ2v) is 3.57. The molecule has 5 heteroatoms. The molecule has 0 fully saturated rings. The van der Waals surface area contributed by atoms with E-state index >= 15 is 0 Å². The van der Waals surface area contributed by atoms with E-state index in [-0.39, 0.29) is 28.5 Å². The summed E-state index contributed by atoms with van der Waals surface area (Å²) in [5.74, 6) is -0.111. The first-order valence-corrected chi connectivity index (χ1v) is 4.79. The molecular weight excluding hydrogens is 237 g/mol. The molecule has 3 nitrogen and oxygen atoms in total. The number of rotatable bonds is 3. The molecule has 0 bridgehead atoms. The molecule has 0 unspecified atom stereocenters. The van der Waals surface area contributed by atoms with Gasteiger partial charge >= 0.3 is 0 Å². The number of carbonyl (C=O) groups excluding carboxylic acids is 1. The van der Waals surface area contributed by atoms with Crippen molar-refractivity contribution in [3.8, 4) is 11.8 Å². The van der Waals surface area contributed by atoms with Gasteiger partial charge < -0.3 is 4.74 Å². The average molecular weight is 244 g/mol. The summed E-state index contributed by atoms with van der Waals surface area (Å²) in [4.78, 5) is 11.5.